The highest BCUT2D eigenvalue weighted by molar-refractivity contribution is 5.26. The Morgan fingerprint density at radius 1 is 1.06 bits per heavy atom. The first-order valence-corrected chi connectivity index (χ1v) is 7.15. The number of hydrogen-bond acceptors (Lipinski definition) is 1. The van der Waals surface area contributed by atoms with Gasteiger partial charge in [0, 0.05) is 6.04 Å². The van der Waals surface area contributed by atoms with Crippen LogP contribution in [-0.2, 0) is 6.42 Å². The topological polar surface area (TPSA) is 26.0 Å². The fourth-order valence-electron chi connectivity index (χ4n) is 2.97. The van der Waals surface area contributed by atoms with Crippen molar-refractivity contribution in [2.75, 3.05) is 0 Å². The molecule has 1 heteroatoms. The molecule has 0 amide bonds. The predicted molar refractivity (Wildman–Crippen MR) is 74.2 cm³/mol. The quantitative estimate of drug-likeness (QED) is 0.781. The Morgan fingerprint density at radius 3 is 2.47 bits per heavy atom. The first-order valence-electron chi connectivity index (χ1n) is 7.15. The second-order valence-electron chi connectivity index (χ2n) is 5.40. The van der Waals surface area contributed by atoms with Crippen molar-refractivity contribution in [1.82, 2.24) is 0 Å². The van der Waals surface area contributed by atoms with Crippen molar-refractivity contribution in [3.63, 3.8) is 0 Å². The molecule has 1 aliphatic carbocycles. The average Bonchev–Trinajstić information content (AvgIpc) is 2.56. The van der Waals surface area contributed by atoms with Crippen LogP contribution in [0.25, 0.3) is 0 Å². The zero-order chi connectivity index (χ0) is 12.1. The Kier molecular flexibility index (Phi) is 4.61. The molecule has 1 fully saturated rings. The number of benzene rings is 1. The van der Waals surface area contributed by atoms with Gasteiger partial charge in [0.2, 0.25) is 0 Å². The van der Waals surface area contributed by atoms with Gasteiger partial charge in [0.25, 0.3) is 0 Å². The Bertz CT molecular complexity index is 328. The third-order valence-corrected chi connectivity index (χ3v) is 4.02. The van der Waals surface area contributed by atoms with E-state index in [0.717, 1.165) is 0 Å². The van der Waals surface area contributed by atoms with Gasteiger partial charge < -0.3 is 5.73 Å². The van der Waals surface area contributed by atoms with Crippen LogP contribution in [0.1, 0.15) is 62.5 Å². The summed E-state index contributed by atoms with van der Waals surface area (Å²) in [6, 6.07) is 9.56. The monoisotopic (exact) mass is 231 g/mol. The molecule has 2 rings (SSSR count). The molecular formula is C16H25N. The molecule has 1 aromatic rings. The molecule has 0 heterocycles. The molecule has 0 aliphatic heterocycles. The lowest BCUT2D eigenvalue weighted by molar-refractivity contribution is 0.505. The second-order valence-corrected chi connectivity index (χ2v) is 5.40. The molecule has 0 spiro atoms. The van der Waals surface area contributed by atoms with E-state index in [-0.39, 0.29) is 0 Å². The number of rotatable bonds is 3. The summed E-state index contributed by atoms with van der Waals surface area (Å²) < 4.78 is 0. The zero-order valence-electron chi connectivity index (χ0n) is 11.0. The molecule has 1 aliphatic rings. The summed E-state index contributed by atoms with van der Waals surface area (Å²) in [4.78, 5) is 0. The summed E-state index contributed by atoms with van der Waals surface area (Å²) in [5.41, 5.74) is 9.22. The Hall–Kier alpha value is -0.820. The van der Waals surface area contributed by atoms with Crippen molar-refractivity contribution in [2.24, 2.45) is 5.73 Å². The lowest BCUT2D eigenvalue weighted by Crippen LogP contribution is -2.27. The van der Waals surface area contributed by atoms with Crippen LogP contribution in [-0.4, -0.2) is 6.04 Å². The largest absolute Gasteiger partial charge is 0.327 e. The van der Waals surface area contributed by atoms with Crippen molar-refractivity contribution < 1.29 is 0 Å². The highest BCUT2D eigenvalue weighted by Gasteiger charge is 2.21. The number of aryl methyl sites for hydroxylation is 1. The number of hydrogen-bond donors (Lipinski definition) is 1. The molecule has 0 bridgehead atoms. The van der Waals surface area contributed by atoms with E-state index < -0.39 is 0 Å². The highest BCUT2D eigenvalue weighted by Crippen LogP contribution is 2.31. The molecule has 0 aromatic heterocycles. The van der Waals surface area contributed by atoms with Gasteiger partial charge in [-0.25, -0.2) is 0 Å². The van der Waals surface area contributed by atoms with Crippen molar-refractivity contribution in [1.29, 1.82) is 0 Å². The van der Waals surface area contributed by atoms with Gasteiger partial charge >= 0.3 is 0 Å². The zero-order valence-corrected chi connectivity index (χ0v) is 11.0. The maximum absolute atomic E-state index is 6.31. The molecule has 0 radical (unpaired) electrons. The summed E-state index contributed by atoms with van der Waals surface area (Å²) >= 11 is 0. The average molecular weight is 231 g/mol. The molecule has 1 aromatic carbocycles. The van der Waals surface area contributed by atoms with E-state index >= 15 is 0 Å². The van der Waals surface area contributed by atoms with Crippen LogP contribution in [0.15, 0.2) is 24.3 Å². The minimum absolute atomic E-state index is 0.370. The van der Waals surface area contributed by atoms with Crippen molar-refractivity contribution in [2.45, 2.75) is 63.8 Å². The highest BCUT2D eigenvalue weighted by atomic mass is 14.6. The molecule has 2 unspecified atom stereocenters. The van der Waals surface area contributed by atoms with E-state index in [1.807, 2.05) is 0 Å². The van der Waals surface area contributed by atoms with Crippen LogP contribution in [0, 0.1) is 0 Å². The third kappa shape index (κ3) is 3.32. The maximum Gasteiger partial charge on any atom is 0.0108 e. The minimum Gasteiger partial charge on any atom is -0.327 e. The molecular weight excluding hydrogens is 206 g/mol. The van der Waals surface area contributed by atoms with Crippen molar-refractivity contribution >= 4 is 0 Å². The van der Waals surface area contributed by atoms with Gasteiger partial charge in [0.15, 0.2) is 0 Å². The Labute approximate surface area is 105 Å². The summed E-state index contributed by atoms with van der Waals surface area (Å²) in [6.07, 6.45) is 8.90. The fraction of sp³-hybridized carbons (Fsp3) is 0.625. The fourth-order valence-corrected chi connectivity index (χ4v) is 2.97. The molecule has 1 saturated carbocycles. The number of nitrogens with two attached hydrogens (primary N) is 1. The molecule has 0 saturated heterocycles. The van der Waals surface area contributed by atoms with E-state index in [4.69, 9.17) is 5.73 Å². The van der Waals surface area contributed by atoms with E-state index in [2.05, 4.69) is 31.2 Å². The Morgan fingerprint density at radius 2 is 1.76 bits per heavy atom. The first-order chi connectivity index (χ1) is 8.31. The molecule has 94 valence electrons. The van der Waals surface area contributed by atoms with Gasteiger partial charge in [-0.1, -0.05) is 56.9 Å². The summed E-state index contributed by atoms with van der Waals surface area (Å²) in [6.45, 7) is 2.23. The smallest absolute Gasteiger partial charge is 0.0108 e. The maximum atomic E-state index is 6.31. The van der Waals surface area contributed by atoms with Crippen LogP contribution >= 0.6 is 0 Å². The van der Waals surface area contributed by atoms with E-state index in [1.165, 1.54) is 56.1 Å². The predicted octanol–water partition coefficient (Wildman–Crippen LogP) is 4.01. The van der Waals surface area contributed by atoms with Crippen molar-refractivity contribution in [3.8, 4) is 0 Å². The van der Waals surface area contributed by atoms with E-state index in [1.54, 1.807) is 0 Å². The van der Waals surface area contributed by atoms with Crippen molar-refractivity contribution in [3.05, 3.63) is 35.4 Å². The van der Waals surface area contributed by atoms with Crippen LogP contribution < -0.4 is 5.73 Å². The van der Waals surface area contributed by atoms with Gasteiger partial charge in [-0.15, -0.1) is 0 Å². The SMILES string of the molecule is CCCc1ccc(C2CCCCCC2N)cc1. The normalized spacial score (nSPS) is 25.5. The van der Waals surface area contributed by atoms with E-state index in [9.17, 15) is 0 Å². The standard InChI is InChI=1S/C16H25N/c1-2-6-13-9-11-14(12-10-13)15-7-4-3-5-8-16(15)17/h9-12,15-16H,2-8,17H2,1H3. The molecule has 1 nitrogen and oxygen atoms in total. The van der Waals surface area contributed by atoms with Gasteiger partial charge in [-0.2, -0.15) is 0 Å². The van der Waals surface area contributed by atoms with Crippen LogP contribution in [0.2, 0.25) is 0 Å². The summed E-state index contributed by atoms with van der Waals surface area (Å²) in [5, 5.41) is 0. The Balaban J connectivity index is 2.09. The molecule has 2 atom stereocenters. The lowest BCUT2D eigenvalue weighted by atomic mass is 9.87. The summed E-state index contributed by atoms with van der Waals surface area (Å²) in [5.74, 6) is 0.591. The summed E-state index contributed by atoms with van der Waals surface area (Å²) in [7, 11) is 0. The van der Waals surface area contributed by atoms with Gasteiger partial charge in [0.05, 0.1) is 0 Å². The van der Waals surface area contributed by atoms with Crippen LogP contribution in [0.3, 0.4) is 0 Å². The van der Waals surface area contributed by atoms with Gasteiger partial charge in [0.1, 0.15) is 0 Å². The second kappa shape index (κ2) is 6.20. The minimum atomic E-state index is 0.370. The van der Waals surface area contributed by atoms with Gasteiger partial charge in [-0.3, -0.25) is 0 Å². The van der Waals surface area contributed by atoms with Crippen LogP contribution in [0.5, 0.6) is 0 Å². The van der Waals surface area contributed by atoms with Crippen LogP contribution in [0.4, 0.5) is 0 Å². The first kappa shape index (κ1) is 12.6. The molecule has 17 heavy (non-hydrogen) atoms. The van der Waals surface area contributed by atoms with E-state index in [0.29, 0.717) is 12.0 Å². The molecule has 2 N–H and O–H groups in total. The lowest BCUT2D eigenvalue weighted by Gasteiger charge is -2.22. The van der Waals surface area contributed by atoms with Gasteiger partial charge in [-0.05, 0) is 36.3 Å². The third-order valence-electron chi connectivity index (χ3n) is 4.02.